The minimum Gasteiger partial charge on any atom is -0.469 e. The molecule has 0 aromatic carbocycles. The van der Waals surface area contributed by atoms with Crippen molar-refractivity contribution in [3.05, 3.63) is 11.6 Å². The van der Waals surface area contributed by atoms with Crippen molar-refractivity contribution in [3.8, 4) is 0 Å². The van der Waals surface area contributed by atoms with Crippen LogP contribution in [-0.2, 0) is 28.6 Å². The first kappa shape index (κ1) is 20.8. The molecule has 6 aliphatic rings. The van der Waals surface area contributed by atoms with Crippen molar-refractivity contribution >= 4 is 17.7 Å². The van der Waals surface area contributed by atoms with E-state index in [0.29, 0.717) is 32.1 Å². The number of rotatable bonds is 2. The molecule has 2 aliphatic heterocycles. The van der Waals surface area contributed by atoms with Crippen molar-refractivity contribution in [2.24, 2.45) is 28.6 Å². The molecule has 5 fully saturated rings. The average molecular weight is 445 g/mol. The molecule has 7 nitrogen and oxygen atoms in total. The lowest BCUT2D eigenvalue weighted by atomic mass is 9.43. The maximum Gasteiger partial charge on any atom is 0.306 e. The lowest BCUT2D eigenvalue weighted by Gasteiger charge is -2.60. The fourth-order valence-electron chi connectivity index (χ4n) is 8.96. The normalized spacial score (nSPS) is 53.0. The van der Waals surface area contributed by atoms with Crippen LogP contribution in [0.1, 0.15) is 65.2 Å². The second-order valence-electron chi connectivity index (χ2n) is 11.4. The number of epoxide rings is 1. The number of ketones is 1. The van der Waals surface area contributed by atoms with Crippen LogP contribution in [0.25, 0.3) is 0 Å². The Morgan fingerprint density at radius 1 is 1.22 bits per heavy atom. The maximum atomic E-state index is 12.4. The van der Waals surface area contributed by atoms with E-state index in [4.69, 9.17) is 14.2 Å². The van der Waals surface area contributed by atoms with Crippen molar-refractivity contribution in [3.63, 3.8) is 0 Å². The Bertz CT molecular complexity index is 956. The zero-order valence-corrected chi connectivity index (χ0v) is 19.0. The molecule has 0 aromatic heterocycles. The van der Waals surface area contributed by atoms with Crippen LogP contribution >= 0.6 is 0 Å². The Hall–Kier alpha value is -1.73. The number of aliphatic hydroxyl groups is 1. The molecule has 0 radical (unpaired) electrons. The number of aliphatic hydroxyl groups excluding tert-OH is 1. The number of esters is 2. The van der Waals surface area contributed by atoms with E-state index in [1.54, 1.807) is 6.08 Å². The third kappa shape index (κ3) is 2.18. The van der Waals surface area contributed by atoms with Crippen LogP contribution < -0.4 is 0 Å². The summed E-state index contributed by atoms with van der Waals surface area (Å²) in [4.78, 5) is 36.9. The van der Waals surface area contributed by atoms with Crippen LogP contribution in [0.15, 0.2) is 11.6 Å². The molecular formula is C25H32O7. The van der Waals surface area contributed by atoms with Crippen LogP contribution in [0.3, 0.4) is 0 Å². The van der Waals surface area contributed by atoms with Crippen LogP contribution in [0.4, 0.5) is 0 Å². The van der Waals surface area contributed by atoms with Gasteiger partial charge in [-0.1, -0.05) is 19.4 Å². The Labute approximate surface area is 187 Å². The molecule has 7 heteroatoms. The predicted octanol–water partition coefficient (Wildman–Crippen LogP) is 2.49. The highest BCUT2D eigenvalue weighted by molar-refractivity contribution is 5.92. The van der Waals surface area contributed by atoms with E-state index in [9.17, 15) is 19.5 Å². The summed E-state index contributed by atoms with van der Waals surface area (Å²) in [5.74, 6) is -0.268. The number of hydrogen-bond donors (Lipinski definition) is 1. The minimum atomic E-state index is -0.760. The lowest BCUT2D eigenvalue weighted by Crippen LogP contribution is -2.67. The van der Waals surface area contributed by atoms with Gasteiger partial charge in [0.2, 0.25) is 0 Å². The third-order valence-electron chi connectivity index (χ3n) is 10.6. The van der Waals surface area contributed by atoms with Crippen molar-refractivity contribution < 1.29 is 33.7 Å². The molecule has 2 spiro atoms. The molecule has 0 amide bonds. The summed E-state index contributed by atoms with van der Waals surface area (Å²) in [6, 6.07) is 0. The topological polar surface area (TPSA) is 102 Å². The second-order valence-corrected chi connectivity index (χ2v) is 11.4. The Balaban J connectivity index is 1.49. The average Bonchev–Trinajstić information content (AvgIpc) is 3.30. The third-order valence-corrected chi connectivity index (χ3v) is 10.6. The van der Waals surface area contributed by atoms with E-state index >= 15 is 0 Å². The number of fused-ring (bicyclic) bond motifs is 4. The summed E-state index contributed by atoms with van der Waals surface area (Å²) in [6.45, 7) is 4.26. The van der Waals surface area contributed by atoms with Crippen molar-refractivity contribution in [1.29, 1.82) is 0 Å². The van der Waals surface area contributed by atoms with E-state index in [2.05, 4.69) is 13.8 Å². The van der Waals surface area contributed by atoms with Crippen LogP contribution in [-0.4, -0.2) is 53.3 Å². The van der Waals surface area contributed by atoms with E-state index in [0.717, 1.165) is 18.4 Å². The Morgan fingerprint density at radius 3 is 2.69 bits per heavy atom. The summed E-state index contributed by atoms with van der Waals surface area (Å²) in [6.07, 6.45) is 5.30. The molecule has 1 N–H and O–H groups in total. The highest BCUT2D eigenvalue weighted by Crippen LogP contribution is 2.78. The van der Waals surface area contributed by atoms with Crippen molar-refractivity contribution in [2.75, 3.05) is 7.11 Å². The van der Waals surface area contributed by atoms with Gasteiger partial charge < -0.3 is 19.3 Å². The van der Waals surface area contributed by atoms with Gasteiger partial charge in [-0.15, -0.1) is 0 Å². The summed E-state index contributed by atoms with van der Waals surface area (Å²) in [5.41, 5.74) is -1.16. The van der Waals surface area contributed by atoms with Gasteiger partial charge in [0.05, 0.1) is 13.2 Å². The van der Waals surface area contributed by atoms with E-state index in [-0.39, 0.29) is 53.4 Å². The van der Waals surface area contributed by atoms with Gasteiger partial charge in [-0.3, -0.25) is 14.4 Å². The number of methoxy groups -OCH3 is 1. The summed E-state index contributed by atoms with van der Waals surface area (Å²) in [5, 5.41) is 11.8. The van der Waals surface area contributed by atoms with E-state index in [1.807, 2.05) is 0 Å². The van der Waals surface area contributed by atoms with Gasteiger partial charge in [0, 0.05) is 30.1 Å². The molecule has 174 valence electrons. The number of carbonyl (C=O) groups excluding carboxylic acids is 3. The smallest absolute Gasteiger partial charge is 0.306 e. The van der Waals surface area contributed by atoms with E-state index in [1.165, 1.54) is 7.11 Å². The van der Waals surface area contributed by atoms with Gasteiger partial charge in [-0.05, 0) is 55.9 Å². The molecule has 32 heavy (non-hydrogen) atoms. The number of ether oxygens (including phenoxy) is 3. The van der Waals surface area contributed by atoms with Crippen LogP contribution in [0.5, 0.6) is 0 Å². The van der Waals surface area contributed by atoms with Gasteiger partial charge in [-0.25, -0.2) is 0 Å². The highest BCUT2D eigenvalue weighted by atomic mass is 16.6. The molecule has 9 atom stereocenters. The van der Waals surface area contributed by atoms with Gasteiger partial charge >= 0.3 is 11.9 Å². The molecule has 6 rings (SSSR count). The van der Waals surface area contributed by atoms with Gasteiger partial charge in [-0.2, -0.15) is 0 Å². The minimum absolute atomic E-state index is 0.0361. The van der Waals surface area contributed by atoms with Gasteiger partial charge in [0.25, 0.3) is 0 Å². The lowest BCUT2D eigenvalue weighted by molar-refractivity contribution is -0.189. The highest BCUT2D eigenvalue weighted by Gasteiger charge is 2.86. The molecule has 4 aliphatic carbocycles. The predicted molar refractivity (Wildman–Crippen MR) is 111 cm³/mol. The molecular weight excluding hydrogens is 412 g/mol. The molecule has 0 bridgehead atoms. The first-order chi connectivity index (χ1) is 15.1. The fraction of sp³-hybridized carbons (Fsp3) is 0.800. The quantitative estimate of drug-likeness (QED) is 0.516. The molecule has 2 saturated heterocycles. The standard InChI is InChI=1S/C25H32O7/c1-22-7-4-15(26)12-14(22)10-13(11-18(28)30-3)19-16-5-8-24(9-6-17(27)31-24)23(16,2)20(29)21-25(19,22)32-21/h12-13,16,19-21,29H,4-11H2,1-3H3/t13-,16?,19?,20?,21+,22?,23?,24+,25-/m0/s1. The SMILES string of the molecule is COC(=O)C[C@@H]1CC2=CC(=O)CCC2(C)[C@@]23O[C@@H]2C(O)C2(C)C(CC[C@@]24CCC(=O)O4)C13. The summed E-state index contributed by atoms with van der Waals surface area (Å²) >= 11 is 0. The zero-order chi connectivity index (χ0) is 22.7. The molecule has 3 saturated carbocycles. The largest absolute Gasteiger partial charge is 0.469 e. The first-order valence-corrected chi connectivity index (χ1v) is 12.0. The fourth-order valence-corrected chi connectivity index (χ4v) is 8.96. The molecule has 5 unspecified atom stereocenters. The van der Waals surface area contributed by atoms with Gasteiger partial charge in [0.15, 0.2) is 5.78 Å². The monoisotopic (exact) mass is 444 g/mol. The zero-order valence-electron chi connectivity index (χ0n) is 19.0. The first-order valence-electron chi connectivity index (χ1n) is 12.0. The molecule has 2 heterocycles. The maximum absolute atomic E-state index is 12.4. The summed E-state index contributed by atoms with van der Waals surface area (Å²) < 4.78 is 17.6. The number of hydrogen-bond acceptors (Lipinski definition) is 7. The van der Waals surface area contributed by atoms with Crippen molar-refractivity contribution in [2.45, 2.75) is 88.6 Å². The van der Waals surface area contributed by atoms with Crippen LogP contribution in [0.2, 0.25) is 0 Å². The van der Waals surface area contributed by atoms with Crippen LogP contribution in [0, 0.1) is 28.6 Å². The summed E-state index contributed by atoms with van der Waals surface area (Å²) in [7, 11) is 1.40. The Morgan fingerprint density at radius 2 is 2.00 bits per heavy atom. The van der Waals surface area contributed by atoms with Crippen molar-refractivity contribution in [1.82, 2.24) is 0 Å². The molecule has 0 aromatic rings. The Kier molecular flexibility index (Phi) is 4.06. The second kappa shape index (κ2) is 6.23. The number of carbonyl (C=O) groups is 3. The van der Waals surface area contributed by atoms with E-state index < -0.39 is 22.7 Å². The van der Waals surface area contributed by atoms with Gasteiger partial charge in [0.1, 0.15) is 17.3 Å².